The van der Waals surface area contributed by atoms with Crippen molar-refractivity contribution >= 4 is 5.91 Å². The molecule has 0 atom stereocenters. The van der Waals surface area contributed by atoms with Crippen LogP contribution in [-0.4, -0.2) is 55.0 Å². The maximum absolute atomic E-state index is 12.3. The van der Waals surface area contributed by atoms with E-state index in [1.165, 1.54) is 5.56 Å². The Balaban J connectivity index is 2.53. The molecule has 4 nitrogen and oxygen atoms in total. The average Bonchev–Trinajstić information content (AvgIpc) is 2.44. The van der Waals surface area contributed by atoms with Crippen molar-refractivity contribution in [2.24, 2.45) is 5.73 Å². The predicted octanol–water partition coefficient (Wildman–Crippen LogP) is 1.36. The van der Waals surface area contributed by atoms with Crippen molar-refractivity contribution in [1.82, 2.24) is 9.80 Å². The van der Waals surface area contributed by atoms with Crippen molar-refractivity contribution in [3.05, 3.63) is 35.9 Å². The zero-order chi connectivity index (χ0) is 15.0. The molecular weight excluding hydrogens is 250 g/mol. The summed E-state index contributed by atoms with van der Waals surface area (Å²) in [5.74, 6) is 0.155. The summed E-state index contributed by atoms with van der Waals surface area (Å²) in [7, 11) is 1.97. The lowest BCUT2D eigenvalue weighted by molar-refractivity contribution is -0.132. The second-order valence-corrected chi connectivity index (χ2v) is 5.41. The molecule has 2 N–H and O–H groups in total. The first kappa shape index (κ1) is 16.7. The molecule has 0 fully saturated rings. The molecule has 1 rings (SSSR count). The minimum absolute atomic E-state index is 0.155. The maximum atomic E-state index is 12.3. The molecule has 1 aromatic carbocycles. The number of rotatable bonds is 8. The van der Waals surface area contributed by atoms with E-state index in [9.17, 15) is 4.79 Å². The Kier molecular flexibility index (Phi) is 7.26. The van der Waals surface area contributed by atoms with Gasteiger partial charge in [0, 0.05) is 25.7 Å². The van der Waals surface area contributed by atoms with Gasteiger partial charge in [-0.15, -0.1) is 0 Å². The Morgan fingerprint density at radius 1 is 1.20 bits per heavy atom. The van der Waals surface area contributed by atoms with Crippen molar-refractivity contribution in [1.29, 1.82) is 0 Å². The summed E-state index contributed by atoms with van der Waals surface area (Å²) in [6.07, 6.45) is 0.873. The Labute approximate surface area is 122 Å². The molecule has 0 spiro atoms. The van der Waals surface area contributed by atoms with E-state index in [0.29, 0.717) is 25.7 Å². The van der Waals surface area contributed by atoms with Gasteiger partial charge in [-0.2, -0.15) is 0 Å². The number of carbonyl (C=O) groups is 1. The summed E-state index contributed by atoms with van der Waals surface area (Å²) in [6, 6.07) is 10.6. The Morgan fingerprint density at radius 3 is 2.40 bits per heavy atom. The summed E-state index contributed by atoms with van der Waals surface area (Å²) in [5.41, 5.74) is 6.87. The summed E-state index contributed by atoms with van der Waals surface area (Å²) >= 11 is 0. The van der Waals surface area contributed by atoms with E-state index < -0.39 is 0 Å². The van der Waals surface area contributed by atoms with E-state index in [2.05, 4.69) is 26.0 Å². The highest BCUT2D eigenvalue weighted by molar-refractivity contribution is 5.78. The Morgan fingerprint density at radius 2 is 1.85 bits per heavy atom. The third kappa shape index (κ3) is 5.72. The maximum Gasteiger partial charge on any atom is 0.236 e. The third-order valence-corrected chi connectivity index (χ3v) is 3.53. The molecule has 0 aliphatic carbocycles. The molecule has 1 aromatic rings. The van der Waals surface area contributed by atoms with E-state index in [-0.39, 0.29) is 5.91 Å². The monoisotopic (exact) mass is 277 g/mol. The third-order valence-electron chi connectivity index (χ3n) is 3.53. The fourth-order valence-corrected chi connectivity index (χ4v) is 1.92. The lowest BCUT2D eigenvalue weighted by atomic mass is 10.1. The molecule has 1 amide bonds. The number of benzene rings is 1. The molecule has 0 unspecified atom stereocenters. The summed E-state index contributed by atoms with van der Waals surface area (Å²) in [4.78, 5) is 16.2. The predicted molar refractivity (Wildman–Crippen MR) is 83.5 cm³/mol. The SMILES string of the molecule is CC(C)N(C)CC(=O)N(CCN)CCc1ccccc1. The van der Waals surface area contributed by atoms with Crippen LogP contribution in [0, 0.1) is 0 Å². The van der Waals surface area contributed by atoms with Gasteiger partial charge in [-0.05, 0) is 32.9 Å². The van der Waals surface area contributed by atoms with Gasteiger partial charge in [0.15, 0.2) is 0 Å². The molecule has 0 aliphatic heterocycles. The largest absolute Gasteiger partial charge is 0.340 e. The minimum Gasteiger partial charge on any atom is -0.340 e. The van der Waals surface area contributed by atoms with Gasteiger partial charge >= 0.3 is 0 Å². The van der Waals surface area contributed by atoms with E-state index >= 15 is 0 Å². The van der Waals surface area contributed by atoms with Crippen LogP contribution in [0.1, 0.15) is 19.4 Å². The number of likely N-dealkylation sites (N-methyl/N-ethyl adjacent to an activating group) is 1. The van der Waals surface area contributed by atoms with Gasteiger partial charge in [-0.3, -0.25) is 9.69 Å². The van der Waals surface area contributed by atoms with Crippen molar-refractivity contribution < 1.29 is 4.79 Å². The molecule has 0 aliphatic rings. The second-order valence-electron chi connectivity index (χ2n) is 5.41. The number of amides is 1. The first-order chi connectivity index (χ1) is 9.54. The summed E-state index contributed by atoms with van der Waals surface area (Å²) < 4.78 is 0. The molecule has 112 valence electrons. The van der Waals surface area contributed by atoms with Crippen LogP contribution in [0.25, 0.3) is 0 Å². The van der Waals surface area contributed by atoms with Crippen LogP contribution < -0.4 is 5.73 Å². The van der Waals surface area contributed by atoms with E-state index in [1.807, 2.05) is 35.0 Å². The fraction of sp³-hybridized carbons (Fsp3) is 0.562. The van der Waals surface area contributed by atoms with Crippen molar-refractivity contribution in [3.63, 3.8) is 0 Å². The molecule has 0 radical (unpaired) electrons. The van der Waals surface area contributed by atoms with Crippen LogP contribution in [0.5, 0.6) is 0 Å². The summed E-state index contributed by atoms with van der Waals surface area (Å²) in [6.45, 7) is 6.48. The minimum atomic E-state index is 0.155. The van der Waals surface area contributed by atoms with Gasteiger partial charge in [-0.1, -0.05) is 30.3 Å². The number of hydrogen-bond acceptors (Lipinski definition) is 3. The van der Waals surface area contributed by atoms with Crippen molar-refractivity contribution in [2.75, 3.05) is 33.2 Å². The van der Waals surface area contributed by atoms with Crippen LogP contribution in [0.4, 0.5) is 0 Å². The van der Waals surface area contributed by atoms with Crippen LogP contribution in [0.15, 0.2) is 30.3 Å². The highest BCUT2D eigenvalue weighted by atomic mass is 16.2. The number of nitrogens with zero attached hydrogens (tertiary/aromatic N) is 2. The summed E-state index contributed by atoms with van der Waals surface area (Å²) in [5, 5.41) is 0. The lowest BCUT2D eigenvalue weighted by Crippen LogP contribution is -2.44. The molecule has 0 bridgehead atoms. The fourth-order valence-electron chi connectivity index (χ4n) is 1.92. The van der Waals surface area contributed by atoms with E-state index in [0.717, 1.165) is 13.0 Å². The Bertz CT molecular complexity index is 392. The second kappa shape index (κ2) is 8.72. The normalized spacial score (nSPS) is 11.1. The van der Waals surface area contributed by atoms with Gasteiger partial charge in [0.25, 0.3) is 0 Å². The topological polar surface area (TPSA) is 49.6 Å². The molecule has 4 heteroatoms. The highest BCUT2D eigenvalue weighted by Gasteiger charge is 2.16. The lowest BCUT2D eigenvalue weighted by Gasteiger charge is -2.27. The standard InChI is InChI=1S/C16H27N3O/c1-14(2)18(3)13-16(20)19(12-10-17)11-9-15-7-5-4-6-8-15/h4-8,14H,9-13,17H2,1-3H3. The van der Waals surface area contributed by atoms with Crippen LogP contribution in [0.3, 0.4) is 0 Å². The zero-order valence-corrected chi connectivity index (χ0v) is 12.9. The number of nitrogens with two attached hydrogens (primary N) is 1. The Hall–Kier alpha value is -1.39. The first-order valence-corrected chi connectivity index (χ1v) is 7.26. The van der Waals surface area contributed by atoms with Gasteiger partial charge in [0.2, 0.25) is 5.91 Å². The van der Waals surface area contributed by atoms with Gasteiger partial charge in [-0.25, -0.2) is 0 Å². The highest BCUT2D eigenvalue weighted by Crippen LogP contribution is 2.03. The number of hydrogen-bond donors (Lipinski definition) is 1. The molecule has 20 heavy (non-hydrogen) atoms. The molecular formula is C16H27N3O. The van der Waals surface area contributed by atoms with Crippen LogP contribution in [0.2, 0.25) is 0 Å². The van der Waals surface area contributed by atoms with Gasteiger partial charge in [0.05, 0.1) is 6.54 Å². The molecule has 0 saturated carbocycles. The zero-order valence-electron chi connectivity index (χ0n) is 12.9. The van der Waals surface area contributed by atoms with Crippen LogP contribution >= 0.6 is 0 Å². The molecule has 0 heterocycles. The molecule has 0 saturated heterocycles. The first-order valence-electron chi connectivity index (χ1n) is 7.26. The van der Waals surface area contributed by atoms with Crippen molar-refractivity contribution in [2.45, 2.75) is 26.3 Å². The van der Waals surface area contributed by atoms with Crippen molar-refractivity contribution in [3.8, 4) is 0 Å². The van der Waals surface area contributed by atoms with Gasteiger partial charge < -0.3 is 10.6 Å². The molecule has 0 aromatic heterocycles. The number of carbonyl (C=O) groups excluding carboxylic acids is 1. The van der Waals surface area contributed by atoms with Crippen LogP contribution in [-0.2, 0) is 11.2 Å². The van der Waals surface area contributed by atoms with E-state index in [1.54, 1.807) is 0 Å². The van der Waals surface area contributed by atoms with E-state index in [4.69, 9.17) is 5.73 Å². The smallest absolute Gasteiger partial charge is 0.236 e. The average molecular weight is 277 g/mol. The van der Waals surface area contributed by atoms with Gasteiger partial charge in [0.1, 0.15) is 0 Å². The quantitative estimate of drug-likeness (QED) is 0.780.